The third-order valence-corrected chi connectivity index (χ3v) is 6.38. The first kappa shape index (κ1) is 29.5. The van der Waals surface area contributed by atoms with Crippen molar-refractivity contribution in [1.82, 2.24) is 15.5 Å². The van der Waals surface area contributed by atoms with Crippen LogP contribution in [0.5, 0.6) is 5.75 Å². The number of phenolic OH excluding ortho intramolecular Hbond substituents is 1. The van der Waals surface area contributed by atoms with Gasteiger partial charge in [-0.25, -0.2) is 4.79 Å². The summed E-state index contributed by atoms with van der Waals surface area (Å²) in [6.07, 6.45) is 5.86. The van der Waals surface area contributed by atoms with Crippen LogP contribution in [0.15, 0.2) is 24.3 Å². The Labute approximate surface area is 216 Å². The molecule has 1 aliphatic rings. The van der Waals surface area contributed by atoms with Gasteiger partial charge in [0.05, 0.1) is 0 Å². The van der Waals surface area contributed by atoms with E-state index in [0.29, 0.717) is 18.5 Å². The molecule has 2 atom stereocenters. The summed E-state index contributed by atoms with van der Waals surface area (Å²) in [6.45, 7) is 11.3. The van der Waals surface area contributed by atoms with E-state index < -0.39 is 23.8 Å². The van der Waals surface area contributed by atoms with Gasteiger partial charge in [-0.1, -0.05) is 64.7 Å². The minimum absolute atomic E-state index is 0.0446. The molecule has 36 heavy (non-hydrogen) atoms. The van der Waals surface area contributed by atoms with E-state index in [-0.39, 0.29) is 29.5 Å². The minimum atomic E-state index is -1.02. The molecule has 1 fully saturated rings. The van der Waals surface area contributed by atoms with Crippen LogP contribution in [-0.2, 0) is 14.3 Å². The van der Waals surface area contributed by atoms with E-state index in [1.54, 1.807) is 39.0 Å². The highest BCUT2D eigenvalue weighted by Gasteiger charge is 2.38. The van der Waals surface area contributed by atoms with E-state index in [2.05, 4.69) is 10.6 Å². The number of carbonyl (C=O) groups is 3. The largest absolute Gasteiger partial charge is 0.508 e. The van der Waals surface area contributed by atoms with Gasteiger partial charge in [-0.15, -0.1) is 0 Å². The molecule has 8 heteroatoms. The highest BCUT2D eigenvalue weighted by atomic mass is 16.6. The molecule has 0 aliphatic heterocycles. The van der Waals surface area contributed by atoms with Crippen LogP contribution in [0.1, 0.15) is 98.1 Å². The number of rotatable bonds is 10. The Hall–Kier alpha value is -2.77. The lowest BCUT2D eigenvalue weighted by Crippen LogP contribution is -2.55. The number of alkyl carbamates (subject to hydrolysis) is 1. The van der Waals surface area contributed by atoms with Gasteiger partial charge >= 0.3 is 6.09 Å². The minimum Gasteiger partial charge on any atom is -0.508 e. The van der Waals surface area contributed by atoms with E-state index in [1.165, 1.54) is 11.0 Å². The smallest absolute Gasteiger partial charge is 0.408 e. The number of unbranched alkanes of at least 4 members (excludes halogenated alkanes) is 1. The molecule has 0 heterocycles. The van der Waals surface area contributed by atoms with Crippen molar-refractivity contribution in [2.24, 2.45) is 5.92 Å². The maximum absolute atomic E-state index is 14.0. The highest BCUT2D eigenvalue weighted by Crippen LogP contribution is 2.31. The summed E-state index contributed by atoms with van der Waals surface area (Å²) in [5.74, 6) is -0.985. The zero-order valence-corrected chi connectivity index (χ0v) is 22.8. The topological polar surface area (TPSA) is 108 Å². The maximum Gasteiger partial charge on any atom is 0.408 e. The fourth-order valence-electron chi connectivity index (χ4n) is 4.52. The van der Waals surface area contributed by atoms with E-state index in [4.69, 9.17) is 4.74 Å². The molecule has 0 aromatic heterocycles. The summed E-state index contributed by atoms with van der Waals surface area (Å²) in [6, 6.07) is 4.77. The quantitative estimate of drug-likeness (QED) is 0.414. The maximum atomic E-state index is 14.0. The van der Waals surface area contributed by atoms with E-state index in [1.807, 2.05) is 20.8 Å². The molecular weight excluding hydrogens is 458 g/mol. The van der Waals surface area contributed by atoms with Crippen LogP contribution in [0.3, 0.4) is 0 Å². The summed E-state index contributed by atoms with van der Waals surface area (Å²) in [5.41, 5.74) is -0.343. The third-order valence-electron chi connectivity index (χ3n) is 6.38. The number of amides is 3. The summed E-state index contributed by atoms with van der Waals surface area (Å²) in [7, 11) is 0. The van der Waals surface area contributed by atoms with Crippen molar-refractivity contribution in [3.8, 4) is 5.75 Å². The molecule has 0 bridgehead atoms. The first-order chi connectivity index (χ1) is 16.9. The second-order valence-corrected chi connectivity index (χ2v) is 11.1. The van der Waals surface area contributed by atoms with E-state index in [9.17, 15) is 19.5 Å². The highest BCUT2D eigenvalue weighted by molar-refractivity contribution is 5.92. The molecule has 0 spiro atoms. The Morgan fingerprint density at radius 2 is 1.75 bits per heavy atom. The van der Waals surface area contributed by atoms with Crippen molar-refractivity contribution in [2.45, 2.75) is 110 Å². The number of hydrogen-bond acceptors (Lipinski definition) is 5. The van der Waals surface area contributed by atoms with Gasteiger partial charge in [-0.05, 0) is 52.0 Å². The third kappa shape index (κ3) is 8.71. The fraction of sp³-hybridized carbons (Fsp3) is 0.679. The zero-order valence-electron chi connectivity index (χ0n) is 22.8. The number of aromatic hydroxyl groups is 1. The van der Waals surface area contributed by atoms with Gasteiger partial charge in [-0.2, -0.15) is 0 Å². The molecular formula is C28H45N3O5. The Bertz CT molecular complexity index is 874. The Kier molecular flexibility index (Phi) is 11.1. The van der Waals surface area contributed by atoms with Gasteiger partial charge in [0.15, 0.2) is 0 Å². The lowest BCUT2D eigenvalue weighted by molar-refractivity contribution is -0.143. The van der Waals surface area contributed by atoms with Crippen molar-refractivity contribution in [3.63, 3.8) is 0 Å². The van der Waals surface area contributed by atoms with Gasteiger partial charge in [-0.3, -0.25) is 9.59 Å². The molecule has 1 saturated carbocycles. The summed E-state index contributed by atoms with van der Waals surface area (Å²) < 4.78 is 5.40. The number of nitrogens with one attached hydrogen (secondary N) is 2. The van der Waals surface area contributed by atoms with Crippen molar-refractivity contribution in [3.05, 3.63) is 29.8 Å². The number of nitrogens with zero attached hydrogens (tertiary/aromatic N) is 1. The van der Waals surface area contributed by atoms with Gasteiger partial charge in [0.1, 0.15) is 23.4 Å². The summed E-state index contributed by atoms with van der Waals surface area (Å²) in [4.78, 5) is 41.9. The Morgan fingerprint density at radius 1 is 1.11 bits per heavy atom. The normalized spacial score (nSPS) is 16.2. The second-order valence-electron chi connectivity index (χ2n) is 11.1. The predicted octanol–water partition coefficient (Wildman–Crippen LogP) is 5.06. The lowest BCUT2D eigenvalue weighted by Gasteiger charge is -2.36. The van der Waals surface area contributed by atoms with E-state index in [0.717, 1.165) is 38.5 Å². The SMILES string of the molecule is CCCCN(C(=O)C(NC(=O)OC(C)(C)C)C(C)C)C(C(=O)NC1CCCCC1)c1ccccc1O. The fourth-order valence-corrected chi connectivity index (χ4v) is 4.52. The van der Waals surface area contributed by atoms with Crippen molar-refractivity contribution < 1.29 is 24.2 Å². The van der Waals surface area contributed by atoms with Crippen LogP contribution >= 0.6 is 0 Å². The first-order valence-electron chi connectivity index (χ1n) is 13.3. The van der Waals surface area contributed by atoms with Crippen LogP contribution < -0.4 is 10.6 Å². The van der Waals surface area contributed by atoms with E-state index >= 15 is 0 Å². The van der Waals surface area contributed by atoms with Gasteiger partial charge in [0.25, 0.3) is 0 Å². The molecule has 2 unspecified atom stereocenters. The van der Waals surface area contributed by atoms with Crippen LogP contribution in [0, 0.1) is 5.92 Å². The monoisotopic (exact) mass is 503 g/mol. The molecule has 3 amide bonds. The molecule has 1 aromatic rings. The lowest BCUT2D eigenvalue weighted by atomic mass is 9.94. The van der Waals surface area contributed by atoms with Crippen LogP contribution in [-0.4, -0.2) is 52.1 Å². The molecule has 1 aromatic carbocycles. The predicted molar refractivity (Wildman–Crippen MR) is 140 cm³/mol. The number of para-hydroxylation sites is 1. The Balaban J connectivity index is 2.44. The van der Waals surface area contributed by atoms with Gasteiger partial charge < -0.3 is 25.4 Å². The number of hydrogen-bond donors (Lipinski definition) is 3. The Morgan fingerprint density at radius 3 is 2.31 bits per heavy atom. The van der Waals surface area contributed by atoms with Gasteiger partial charge in [0.2, 0.25) is 11.8 Å². The standard InChI is InChI=1S/C28H45N3O5/c1-7-8-18-31(26(34)23(19(2)3)30-27(35)36-28(4,5)6)24(21-16-12-13-17-22(21)32)25(33)29-20-14-10-9-11-15-20/h12-13,16-17,19-20,23-24,32H,7-11,14-15,18H2,1-6H3,(H,29,33)(H,30,35). The number of carbonyl (C=O) groups excluding carboxylic acids is 3. The van der Waals surface area contributed by atoms with Gasteiger partial charge in [0, 0.05) is 18.2 Å². The molecule has 202 valence electrons. The average Bonchev–Trinajstić information content (AvgIpc) is 2.80. The first-order valence-corrected chi connectivity index (χ1v) is 13.3. The zero-order chi connectivity index (χ0) is 26.9. The molecule has 2 rings (SSSR count). The van der Waals surface area contributed by atoms with Crippen molar-refractivity contribution >= 4 is 17.9 Å². The van der Waals surface area contributed by atoms with Crippen LogP contribution in [0.4, 0.5) is 4.79 Å². The van der Waals surface area contributed by atoms with Crippen molar-refractivity contribution in [1.29, 1.82) is 0 Å². The van der Waals surface area contributed by atoms with Crippen LogP contribution in [0.2, 0.25) is 0 Å². The van der Waals surface area contributed by atoms with Crippen molar-refractivity contribution in [2.75, 3.05) is 6.54 Å². The number of phenols is 1. The molecule has 8 nitrogen and oxygen atoms in total. The average molecular weight is 504 g/mol. The summed E-state index contributed by atoms with van der Waals surface area (Å²) >= 11 is 0. The number of ether oxygens (including phenoxy) is 1. The molecule has 0 radical (unpaired) electrons. The number of benzene rings is 1. The molecule has 1 aliphatic carbocycles. The molecule has 3 N–H and O–H groups in total. The molecule has 0 saturated heterocycles. The summed E-state index contributed by atoms with van der Waals surface area (Å²) in [5, 5.41) is 16.6. The second kappa shape index (κ2) is 13.5. The van der Waals surface area contributed by atoms with Crippen LogP contribution in [0.25, 0.3) is 0 Å².